The largest absolute Gasteiger partial charge is 0.480 e. The molecule has 8 heteroatoms. The molecule has 0 bridgehead atoms. The van der Waals surface area contributed by atoms with E-state index in [1.165, 1.54) is 12.1 Å². The van der Waals surface area contributed by atoms with Crippen molar-refractivity contribution in [3.05, 3.63) is 33.3 Å². The van der Waals surface area contributed by atoms with E-state index in [-0.39, 0.29) is 12.2 Å². The predicted octanol–water partition coefficient (Wildman–Crippen LogP) is 1.84. The number of carboxylic acid groups (broad SMARTS) is 1. The molecule has 0 radical (unpaired) electrons. The third kappa shape index (κ3) is 4.05. The minimum atomic E-state index is -0.836. The summed E-state index contributed by atoms with van der Waals surface area (Å²) in [5, 5.41) is 19.9. The normalized spacial score (nSPS) is 16.5. The number of nitro benzene ring substituents is 1. The van der Waals surface area contributed by atoms with Gasteiger partial charge in [-0.25, -0.2) is 0 Å². The summed E-state index contributed by atoms with van der Waals surface area (Å²) in [5.41, 5.74) is 0.713. The van der Waals surface area contributed by atoms with Gasteiger partial charge in [-0.15, -0.1) is 0 Å². The minimum absolute atomic E-state index is 0.0296. The Balaban J connectivity index is 2.08. The number of carbonyl (C=O) groups is 1. The number of nitrogens with zero attached hydrogens (tertiary/aromatic N) is 3. The van der Waals surface area contributed by atoms with Gasteiger partial charge >= 0.3 is 5.97 Å². The van der Waals surface area contributed by atoms with Crippen molar-refractivity contribution in [1.82, 2.24) is 4.90 Å². The van der Waals surface area contributed by atoms with Crippen LogP contribution in [0.25, 0.3) is 0 Å². The quantitative estimate of drug-likeness (QED) is 0.674. The van der Waals surface area contributed by atoms with Crippen LogP contribution in [0.5, 0.6) is 0 Å². The monoisotopic (exact) mass is 313 g/mol. The van der Waals surface area contributed by atoms with E-state index in [4.69, 9.17) is 16.7 Å². The fourth-order valence-electron chi connectivity index (χ4n) is 2.43. The van der Waals surface area contributed by atoms with Crippen molar-refractivity contribution < 1.29 is 14.8 Å². The van der Waals surface area contributed by atoms with Gasteiger partial charge in [0.2, 0.25) is 0 Å². The van der Waals surface area contributed by atoms with Gasteiger partial charge in [0, 0.05) is 38.3 Å². The number of benzene rings is 1. The van der Waals surface area contributed by atoms with E-state index in [2.05, 4.69) is 0 Å². The molecule has 1 N–H and O–H groups in total. The predicted molar refractivity (Wildman–Crippen MR) is 79.0 cm³/mol. The molecule has 0 unspecified atom stereocenters. The molecule has 1 aliphatic heterocycles. The lowest BCUT2D eigenvalue weighted by molar-refractivity contribution is -0.384. The fraction of sp³-hybridized carbons (Fsp3) is 0.462. The molecule has 0 aromatic heterocycles. The van der Waals surface area contributed by atoms with E-state index in [0.29, 0.717) is 24.7 Å². The van der Waals surface area contributed by atoms with E-state index in [0.717, 1.165) is 18.7 Å². The molecule has 7 nitrogen and oxygen atoms in total. The van der Waals surface area contributed by atoms with Gasteiger partial charge in [0.25, 0.3) is 5.69 Å². The van der Waals surface area contributed by atoms with E-state index in [1.807, 2.05) is 9.80 Å². The first kappa shape index (κ1) is 15.5. The summed E-state index contributed by atoms with van der Waals surface area (Å²) in [7, 11) is 0. The molecule has 0 saturated carbocycles. The van der Waals surface area contributed by atoms with Crippen molar-refractivity contribution in [1.29, 1.82) is 0 Å². The Hall–Kier alpha value is -1.86. The van der Waals surface area contributed by atoms with Crippen LogP contribution in [0.15, 0.2) is 18.2 Å². The van der Waals surface area contributed by atoms with Gasteiger partial charge < -0.3 is 10.0 Å². The fourth-order valence-corrected chi connectivity index (χ4v) is 2.72. The Labute approximate surface area is 126 Å². The standard InChI is InChI=1S/C13H16ClN3O4/c14-11-8-10(17(20)21)2-3-12(11)16-5-1-4-15(6-7-16)9-13(18)19/h2-3,8H,1,4-7,9H2,(H,18,19). The number of non-ortho nitro benzene ring substituents is 1. The average Bonchev–Trinajstić information content (AvgIpc) is 2.63. The SMILES string of the molecule is O=C(O)CN1CCCN(c2ccc([N+](=O)[O-])cc2Cl)CC1. The summed E-state index contributed by atoms with van der Waals surface area (Å²) >= 11 is 6.13. The van der Waals surface area contributed by atoms with Crippen LogP contribution in [-0.4, -0.2) is 53.6 Å². The lowest BCUT2D eigenvalue weighted by Crippen LogP contribution is -2.34. The average molecular weight is 314 g/mol. The van der Waals surface area contributed by atoms with Crippen LogP contribution in [0.1, 0.15) is 6.42 Å². The van der Waals surface area contributed by atoms with E-state index in [9.17, 15) is 14.9 Å². The number of hydrogen-bond donors (Lipinski definition) is 1. The second-order valence-electron chi connectivity index (χ2n) is 4.90. The van der Waals surface area contributed by atoms with Gasteiger partial charge in [-0.3, -0.25) is 19.8 Å². The number of hydrogen-bond acceptors (Lipinski definition) is 5. The molecular formula is C13H16ClN3O4. The highest BCUT2D eigenvalue weighted by molar-refractivity contribution is 6.33. The van der Waals surface area contributed by atoms with Crippen molar-refractivity contribution in [3.8, 4) is 0 Å². The zero-order chi connectivity index (χ0) is 15.4. The topological polar surface area (TPSA) is 86.9 Å². The Morgan fingerprint density at radius 3 is 2.71 bits per heavy atom. The Morgan fingerprint density at radius 1 is 1.33 bits per heavy atom. The van der Waals surface area contributed by atoms with Gasteiger partial charge in [0.05, 0.1) is 22.2 Å². The second-order valence-corrected chi connectivity index (χ2v) is 5.31. The number of anilines is 1. The molecule has 1 heterocycles. The molecule has 0 spiro atoms. The second kappa shape index (κ2) is 6.73. The summed E-state index contributed by atoms with van der Waals surface area (Å²) in [6, 6.07) is 4.42. The zero-order valence-electron chi connectivity index (χ0n) is 11.4. The summed E-state index contributed by atoms with van der Waals surface area (Å²) in [4.78, 5) is 24.9. The van der Waals surface area contributed by atoms with Crippen molar-refractivity contribution in [2.45, 2.75) is 6.42 Å². The van der Waals surface area contributed by atoms with Crippen molar-refractivity contribution >= 4 is 28.9 Å². The lowest BCUT2D eigenvalue weighted by Gasteiger charge is -2.24. The summed E-state index contributed by atoms with van der Waals surface area (Å²) in [5.74, 6) is -0.836. The molecule has 2 rings (SSSR count). The number of halogens is 1. The van der Waals surface area contributed by atoms with Gasteiger partial charge in [0.1, 0.15) is 0 Å². The van der Waals surface area contributed by atoms with E-state index >= 15 is 0 Å². The van der Waals surface area contributed by atoms with Crippen LogP contribution in [0, 0.1) is 10.1 Å². The van der Waals surface area contributed by atoms with Gasteiger partial charge in [-0.05, 0) is 12.5 Å². The summed E-state index contributed by atoms with van der Waals surface area (Å²) in [6.07, 6.45) is 0.820. The van der Waals surface area contributed by atoms with Crippen molar-refractivity contribution in [2.75, 3.05) is 37.6 Å². The van der Waals surface area contributed by atoms with Crippen LogP contribution >= 0.6 is 11.6 Å². The Morgan fingerprint density at radius 2 is 2.10 bits per heavy atom. The number of nitro groups is 1. The minimum Gasteiger partial charge on any atom is -0.480 e. The molecule has 1 aliphatic rings. The smallest absolute Gasteiger partial charge is 0.317 e. The van der Waals surface area contributed by atoms with Crippen molar-refractivity contribution in [2.24, 2.45) is 0 Å². The number of rotatable bonds is 4. The van der Waals surface area contributed by atoms with Crippen LogP contribution in [0.3, 0.4) is 0 Å². The molecule has 1 saturated heterocycles. The highest BCUT2D eigenvalue weighted by Gasteiger charge is 2.19. The maximum Gasteiger partial charge on any atom is 0.317 e. The molecule has 21 heavy (non-hydrogen) atoms. The molecule has 0 aliphatic carbocycles. The molecule has 0 atom stereocenters. The maximum absolute atomic E-state index is 10.7. The summed E-state index contributed by atoms with van der Waals surface area (Å²) in [6.45, 7) is 2.76. The van der Waals surface area contributed by atoms with Crippen LogP contribution < -0.4 is 4.90 Å². The first-order valence-corrected chi connectivity index (χ1v) is 6.98. The third-order valence-electron chi connectivity index (χ3n) is 3.43. The van der Waals surface area contributed by atoms with Gasteiger partial charge in [-0.2, -0.15) is 0 Å². The highest BCUT2D eigenvalue weighted by atomic mass is 35.5. The van der Waals surface area contributed by atoms with Crippen LogP contribution in [0.2, 0.25) is 5.02 Å². The first-order valence-electron chi connectivity index (χ1n) is 6.60. The first-order chi connectivity index (χ1) is 9.97. The number of aliphatic carboxylic acids is 1. The third-order valence-corrected chi connectivity index (χ3v) is 3.73. The van der Waals surface area contributed by atoms with Gasteiger partial charge in [-0.1, -0.05) is 11.6 Å². The Kier molecular flexibility index (Phi) is 4.98. The molecular weight excluding hydrogens is 298 g/mol. The van der Waals surface area contributed by atoms with Crippen LogP contribution in [0.4, 0.5) is 11.4 Å². The molecule has 0 amide bonds. The Bertz CT molecular complexity index is 552. The zero-order valence-corrected chi connectivity index (χ0v) is 12.1. The van der Waals surface area contributed by atoms with E-state index in [1.54, 1.807) is 6.07 Å². The van der Waals surface area contributed by atoms with Gasteiger partial charge in [0.15, 0.2) is 0 Å². The molecule has 1 aromatic carbocycles. The molecule has 114 valence electrons. The van der Waals surface area contributed by atoms with E-state index < -0.39 is 10.9 Å². The lowest BCUT2D eigenvalue weighted by atomic mass is 10.2. The van der Waals surface area contributed by atoms with Crippen LogP contribution in [-0.2, 0) is 4.79 Å². The number of carboxylic acids is 1. The highest BCUT2D eigenvalue weighted by Crippen LogP contribution is 2.30. The molecule has 1 fully saturated rings. The maximum atomic E-state index is 10.7. The summed E-state index contributed by atoms with van der Waals surface area (Å²) < 4.78 is 0. The van der Waals surface area contributed by atoms with Crippen molar-refractivity contribution in [3.63, 3.8) is 0 Å². The molecule has 1 aromatic rings.